The number of oxazole rings is 1. The molecule has 6 heteroatoms. The number of benzene rings is 3. The van der Waals surface area contributed by atoms with Crippen molar-refractivity contribution in [3.05, 3.63) is 108 Å². The second kappa shape index (κ2) is 7.24. The Balaban J connectivity index is 1.44. The monoisotopic (exact) mass is 384 g/mol. The Labute approximate surface area is 166 Å². The topological polar surface area (TPSA) is 55.9 Å². The molecule has 0 aliphatic rings. The third-order valence-electron chi connectivity index (χ3n) is 4.78. The maximum atomic E-state index is 13.4. The molecule has 5 aromatic rings. The lowest BCUT2D eigenvalue weighted by atomic mass is 9.98. The molecule has 0 bridgehead atoms. The van der Waals surface area contributed by atoms with Gasteiger partial charge >= 0.3 is 0 Å². The second-order valence-electron chi connectivity index (χ2n) is 6.70. The fourth-order valence-corrected chi connectivity index (χ4v) is 3.40. The summed E-state index contributed by atoms with van der Waals surface area (Å²) in [6.07, 6.45) is 5.40. The summed E-state index contributed by atoms with van der Waals surface area (Å²) in [5.41, 5.74) is 4.44. The zero-order valence-corrected chi connectivity index (χ0v) is 15.4. The molecule has 0 saturated heterocycles. The molecule has 1 N–H and O–H groups in total. The molecule has 0 aliphatic heterocycles. The number of nitrogens with one attached hydrogen (secondary N) is 1. The molecular formula is C23H17FN4O. The zero-order chi connectivity index (χ0) is 19.6. The van der Waals surface area contributed by atoms with Crippen LogP contribution in [0.1, 0.15) is 17.2 Å². The molecule has 1 atom stereocenters. The van der Waals surface area contributed by atoms with E-state index in [1.165, 1.54) is 12.1 Å². The van der Waals surface area contributed by atoms with Gasteiger partial charge < -0.3 is 14.3 Å². The summed E-state index contributed by atoms with van der Waals surface area (Å²) < 4.78 is 21.1. The van der Waals surface area contributed by atoms with Crippen LogP contribution in [0.25, 0.3) is 11.1 Å². The van der Waals surface area contributed by atoms with Crippen molar-refractivity contribution in [2.24, 2.45) is 0 Å². The van der Waals surface area contributed by atoms with Crippen molar-refractivity contribution in [1.29, 1.82) is 0 Å². The number of rotatable bonds is 5. The van der Waals surface area contributed by atoms with Crippen molar-refractivity contribution < 1.29 is 8.81 Å². The quantitative estimate of drug-likeness (QED) is 0.432. The van der Waals surface area contributed by atoms with Gasteiger partial charge in [0.05, 0.1) is 12.4 Å². The van der Waals surface area contributed by atoms with Gasteiger partial charge in [0.15, 0.2) is 5.58 Å². The summed E-state index contributed by atoms with van der Waals surface area (Å²) in [7, 11) is 0. The molecule has 0 aliphatic carbocycles. The highest BCUT2D eigenvalue weighted by atomic mass is 19.1. The predicted molar refractivity (Wildman–Crippen MR) is 110 cm³/mol. The number of fused-ring (bicyclic) bond motifs is 1. The Bertz CT molecular complexity index is 1200. The van der Waals surface area contributed by atoms with E-state index in [2.05, 4.69) is 15.3 Å². The highest BCUT2D eigenvalue weighted by Crippen LogP contribution is 2.29. The number of hydrogen-bond donors (Lipinski definition) is 1. The van der Waals surface area contributed by atoms with Gasteiger partial charge in [-0.25, -0.2) is 9.37 Å². The minimum atomic E-state index is -0.254. The molecule has 0 amide bonds. The molecule has 0 saturated carbocycles. The number of halogens is 1. The van der Waals surface area contributed by atoms with E-state index in [4.69, 9.17) is 4.42 Å². The Morgan fingerprint density at radius 3 is 2.31 bits per heavy atom. The van der Waals surface area contributed by atoms with E-state index in [0.717, 1.165) is 27.9 Å². The van der Waals surface area contributed by atoms with Crippen LogP contribution in [0.2, 0.25) is 0 Å². The first-order valence-corrected chi connectivity index (χ1v) is 9.22. The first-order valence-electron chi connectivity index (χ1n) is 9.22. The first-order chi connectivity index (χ1) is 14.3. The molecule has 1 unspecified atom stereocenters. The lowest BCUT2D eigenvalue weighted by Gasteiger charge is -2.20. The fourth-order valence-electron chi connectivity index (χ4n) is 3.40. The van der Waals surface area contributed by atoms with Crippen molar-refractivity contribution >= 4 is 22.8 Å². The number of para-hydroxylation sites is 2. The zero-order valence-electron chi connectivity index (χ0n) is 15.4. The highest BCUT2D eigenvalue weighted by Gasteiger charge is 2.16. The third kappa shape index (κ3) is 3.48. The largest absolute Gasteiger partial charge is 0.423 e. The van der Waals surface area contributed by atoms with Crippen molar-refractivity contribution in [3.8, 4) is 0 Å². The van der Waals surface area contributed by atoms with Gasteiger partial charge in [-0.2, -0.15) is 4.98 Å². The number of aromatic nitrogens is 3. The summed E-state index contributed by atoms with van der Waals surface area (Å²) >= 11 is 0. The van der Waals surface area contributed by atoms with Crippen molar-refractivity contribution in [3.63, 3.8) is 0 Å². The molecule has 2 aromatic heterocycles. The molecular weight excluding hydrogens is 367 g/mol. The van der Waals surface area contributed by atoms with E-state index in [1.807, 2.05) is 59.3 Å². The van der Waals surface area contributed by atoms with Crippen LogP contribution in [0, 0.1) is 5.82 Å². The summed E-state index contributed by atoms with van der Waals surface area (Å²) in [6, 6.07) is 22.5. The van der Waals surface area contributed by atoms with Crippen LogP contribution in [-0.4, -0.2) is 14.5 Å². The summed E-state index contributed by atoms with van der Waals surface area (Å²) in [4.78, 5) is 8.60. The van der Waals surface area contributed by atoms with Crippen LogP contribution in [0.3, 0.4) is 0 Å². The van der Waals surface area contributed by atoms with Crippen LogP contribution < -0.4 is 5.32 Å². The molecule has 2 heterocycles. The van der Waals surface area contributed by atoms with Crippen LogP contribution in [-0.2, 0) is 0 Å². The number of imidazole rings is 1. The predicted octanol–water partition coefficient (Wildman–Crippen LogP) is 5.54. The van der Waals surface area contributed by atoms with Crippen LogP contribution in [0.15, 0.2) is 95.9 Å². The minimum Gasteiger partial charge on any atom is -0.423 e. The van der Waals surface area contributed by atoms with Gasteiger partial charge in [0.2, 0.25) is 0 Å². The SMILES string of the molecule is Fc1ccc(C(c2ccc(Nc3nc4ccccc4o3)cc2)n2ccnc2)cc1. The van der Waals surface area contributed by atoms with E-state index >= 15 is 0 Å². The maximum Gasteiger partial charge on any atom is 0.300 e. The van der Waals surface area contributed by atoms with Gasteiger partial charge in [0.25, 0.3) is 6.01 Å². The van der Waals surface area contributed by atoms with Crippen molar-refractivity contribution in [2.75, 3.05) is 5.32 Å². The minimum absolute atomic E-state index is 0.100. The van der Waals surface area contributed by atoms with Gasteiger partial charge in [-0.15, -0.1) is 0 Å². The summed E-state index contributed by atoms with van der Waals surface area (Å²) in [6.45, 7) is 0. The standard InChI is InChI=1S/C23H17FN4O/c24-18-9-5-16(6-10-18)22(28-14-13-25-15-28)17-7-11-19(12-8-17)26-23-27-20-3-1-2-4-21(20)29-23/h1-15,22H,(H,26,27). The summed E-state index contributed by atoms with van der Waals surface area (Å²) in [5.74, 6) is -0.254. The molecule has 3 aromatic carbocycles. The number of hydrogen-bond acceptors (Lipinski definition) is 4. The molecule has 0 fully saturated rings. The fraction of sp³-hybridized carbons (Fsp3) is 0.0435. The van der Waals surface area contributed by atoms with Crippen LogP contribution in [0.5, 0.6) is 0 Å². The first kappa shape index (κ1) is 17.2. The van der Waals surface area contributed by atoms with Gasteiger partial charge in [0.1, 0.15) is 11.3 Å². The van der Waals surface area contributed by atoms with E-state index < -0.39 is 0 Å². The van der Waals surface area contributed by atoms with Crippen molar-refractivity contribution in [1.82, 2.24) is 14.5 Å². The highest BCUT2D eigenvalue weighted by molar-refractivity contribution is 5.75. The van der Waals surface area contributed by atoms with E-state index in [0.29, 0.717) is 6.01 Å². The molecule has 0 radical (unpaired) electrons. The molecule has 29 heavy (non-hydrogen) atoms. The van der Waals surface area contributed by atoms with Gasteiger partial charge in [-0.05, 0) is 47.5 Å². The number of anilines is 2. The van der Waals surface area contributed by atoms with Gasteiger partial charge in [-0.3, -0.25) is 0 Å². The Hall–Kier alpha value is -3.93. The summed E-state index contributed by atoms with van der Waals surface area (Å²) in [5, 5.41) is 3.19. The molecule has 0 spiro atoms. The van der Waals surface area contributed by atoms with E-state index in [1.54, 1.807) is 24.7 Å². The third-order valence-corrected chi connectivity index (χ3v) is 4.78. The Kier molecular flexibility index (Phi) is 4.29. The molecule has 142 valence electrons. The van der Waals surface area contributed by atoms with Crippen LogP contribution >= 0.6 is 0 Å². The maximum absolute atomic E-state index is 13.4. The second-order valence-corrected chi connectivity index (χ2v) is 6.70. The lowest BCUT2D eigenvalue weighted by molar-refractivity contribution is 0.622. The Morgan fingerprint density at radius 2 is 1.62 bits per heavy atom. The Morgan fingerprint density at radius 1 is 0.897 bits per heavy atom. The smallest absolute Gasteiger partial charge is 0.300 e. The average molecular weight is 384 g/mol. The lowest BCUT2D eigenvalue weighted by Crippen LogP contribution is -2.10. The number of nitrogens with zero attached hydrogens (tertiary/aromatic N) is 3. The average Bonchev–Trinajstić information content (AvgIpc) is 3.40. The molecule has 5 nitrogen and oxygen atoms in total. The van der Waals surface area contributed by atoms with Gasteiger partial charge in [0, 0.05) is 18.1 Å². The van der Waals surface area contributed by atoms with Crippen LogP contribution in [0.4, 0.5) is 16.1 Å². The van der Waals surface area contributed by atoms with Crippen molar-refractivity contribution in [2.45, 2.75) is 6.04 Å². The van der Waals surface area contributed by atoms with Gasteiger partial charge in [-0.1, -0.05) is 36.4 Å². The normalized spacial score (nSPS) is 12.2. The molecule has 5 rings (SSSR count). The van der Waals surface area contributed by atoms with E-state index in [9.17, 15) is 4.39 Å². The van der Waals surface area contributed by atoms with E-state index in [-0.39, 0.29) is 11.9 Å².